The van der Waals surface area contributed by atoms with E-state index in [9.17, 15) is 14.7 Å². The van der Waals surface area contributed by atoms with Crippen molar-refractivity contribution in [1.29, 1.82) is 0 Å². The highest BCUT2D eigenvalue weighted by Crippen LogP contribution is 2.41. The number of carbonyl (C=O) groups is 2. The molecule has 0 spiro atoms. The molecule has 3 aromatic carbocycles. The molecular formula is C34H41NO4. The predicted molar refractivity (Wildman–Crippen MR) is 155 cm³/mol. The minimum Gasteiger partial charge on any atom is -0.466 e. The monoisotopic (exact) mass is 527 g/mol. The summed E-state index contributed by atoms with van der Waals surface area (Å²) in [6, 6.07) is 23.9. The summed E-state index contributed by atoms with van der Waals surface area (Å²) in [4.78, 5) is 27.3. The first-order valence-corrected chi connectivity index (χ1v) is 14.2. The molecule has 1 heterocycles. The lowest BCUT2D eigenvalue weighted by molar-refractivity contribution is -0.142. The number of esters is 1. The number of rotatable bonds is 11. The van der Waals surface area contributed by atoms with Crippen molar-refractivity contribution in [2.45, 2.75) is 58.5 Å². The molecule has 0 unspecified atom stereocenters. The Bertz CT molecular complexity index is 1180. The van der Waals surface area contributed by atoms with Crippen molar-refractivity contribution < 1.29 is 19.4 Å². The SMILES string of the molecule is CCOC(=O)Cc1c(C)cc(C(=O)CCCN2CCC(C(O)(c3ccccc3)c3ccccc3)CC2)cc1C. The number of nitrogens with zero attached hydrogens (tertiary/aromatic N) is 1. The van der Waals surface area contributed by atoms with E-state index in [0.717, 1.165) is 66.7 Å². The molecule has 4 rings (SSSR count). The summed E-state index contributed by atoms with van der Waals surface area (Å²) < 4.78 is 5.09. The summed E-state index contributed by atoms with van der Waals surface area (Å²) in [7, 11) is 0. The van der Waals surface area contributed by atoms with Crippen LogP contribution >= 0.6 is 0 Å². The maximum atomic E-state index is 13.0. The highest BCUT2D eigenvalue weighted by atomic mass is 16.5. The topological polar surface area (TPSA) is 66.8 Å². The molecule has 0 amide bonds. The van der Waals surface area contributed by atoms with Gasteiger partial charge >= 0.3 is 5.97 Å². The van der Waals surface area contributed by atoms with Gasteiger partial charge in [-0.15, -0.1) is 0 Å². The Hall–Kier alpha value is -3.28. The van der Waals surface area contributed by atoms with Crippen LogP contribution in [0.3, 0.4) is 0 Å². The molecule has 1 N–H and O–H groups in total. The van der Waals surface area contributed by atoms with Crippen LogP contribution in [0, 0.1) is 19.8 Å². The first kappa shape index (κ1) is 28.7. The number of aliphatic hydroxyl groups is 1. The number of likely N-dealkylation sites (tertiary alicyclic amines) is 1. The van der Waals surface area contributed by atoms with Gasteiger partial charge in [-0.1, -0.05) is 60.7 Å². The third kappa shape index (κ3) is 6.84. The quantitative estimate of drug-likeness (QED) is 0.244. The minimum absolute atomic E-state index is 0.124. The molecule has 5 heteroatoms. The average Bonchev–Trinajstić information content (AvgIpc) is 2.96. The summed E-state index contributed by atoms with van der Waals surface area (Å²) in [5, 5.41) is 12.1. The second-order valence-corrected chi connectivity index (χ2v) is 10.7. The van der Waals surface area contributed by atoms with E-state index in [4.69, 9.17) is 4.74 Å². The molecule has 39 heavy (non-hydrogen) atoms. The van der Waals surface area contributed by atoms with Gasteiger partial charge in [0.25, 0.3) is 0 Å². The number of aryl methyl sites for hydroxylation is 2. The number of Topliss-reactive ketones (excluding diaryl/α,β-unsaturated/α-hetero) is 1. The van der Waals surface area contributed by atoms with Crippen molar-refractivity contribution in [3.63, 3.8) is 0 Å². The Morgan fingerprint density at radius 1 is 0.923 bits per heavy atom. The van der Waals surface area contributed by atoms with Crippen LogP contribution in [0.4, 0.5) is 0 Å². The van der Waals surface area contributed by atoms with Crippen LogP contribution in [0.2, 0.25) is 0 Å². The Labute approximate surface area is 232 Å². The lowest BCUT2D eigenvalue weighted by atomic mass is 9.72. The van der Waals surface area contributed by atoms with Crippen LogP contribution in [-0.2, 0) is 21.6 Å². The molecule has 5 nitrogen and oxygen atoms in total. The highest BCUT2D eigenvalue weighted by Gasteiger charge is 2.41. The zero-order valence-electron chi connectivity index (χ0n) is 23.5. The van der Waals surface area contributed by atoms with E-state index in [0.29, 0.717) is 18.6 Å². The maximum Gasteiger partial charge on any atom is 0.310 e. The fourth-order valence-corrected chi connectivity index (χ4v) is 5.99. The lowest BCUT2D eigenvalue weighted by Crippen LogP contribution is -2.44. The molecule has 0 aliphatic carbocycles. The van der Waals surface area contributed by atoms with Gasteiger partial charge in [0, 0.05) is 12.0 Å². The molecule has 0 aromatic heterocycles. The summed E-state index contributed by atoms with van der Waals surface area (Å²) in [6.07, 6.45) is 3.32. The van der Waals surface area contributed by atoms with Gasteiger partial charge in [-0.3, -0.25) is 9.59 Å². The summed E-state index contributed by atoms with van der Waals surface area (Å²) in [5.41, 5.74) is 4.44. The van der Waals surface area contributed by atoms with Gasteiger partial charge in [-0.25, -0.2) is 0 Å². The standard InChI is InChI=1S/C34H41NO4/c1-4-39-33(37)24-31-25(2)22-27(23-26(31)3)32(36)16-11-19-35-20-17-30(18-21-35)34(38,28-12-7-5-8-13-28)29-14-9-6-10-15-29/h5-10,12-15,22-23,30,38H,4,11,16-21,24H2,1-3H3. The second-order valence-electron chi connectivity index (χ2n) is 10.7. The lowest BCUT2D eigenvalue weighted by Gasteiger charge is -2.42. The molecule has 1 aliphatic heterocycles. The molecule has 0 bridgehead atoms. The normalized spacial score (nSPS) is 14.8. The van der Waals surface area contributed by atoms with Crippen LogP contribution < -0.4 is 0 Å². The van der Waals surface area contributed by atoms with Crippen LogP contribution in [0.15, 0.2) is 72.8 Å². The van der Waals surface area contributed by atoms with Crippen LogP contribution in [0.1, 0.15) is 70.8 Å². The van der Waals surface area contributed by atoms with Crippen LogP contribution in [0.25, 0.3) is 0 Å². The number of ether oxygens (including phenoxy) is 1. The predicted octanol–water partition coefficient (Wildman–Crippen LogP) is 6.02. The van der Waals surface area contributed by atoms with Gasteiger partial charge in [0.15, 0.2) is 5.78 Å². The molecular weight excluding hydrogens is 486 g/mol. The Morgan fingerprint density at radius 2 is 1.46 bits per heavy atom. The van der Waals surface area contributed by atoms with Crippen molar-refractivity contribution in [3.05, 3.63) is 106 Å². The van der Waals surface area contributed by atoms with E-state index in [1.54, 1.807) is 6.92 Å². The third-order valence-corrected chi connectivity index (χ3v) is 8.13. The summed E-state index contributed by atoms with van der Waals surface area (Å²) in [6.45, 7) is 8.75. The smallest absolute Gasteiger partial charge is 0.310 e. The van der Waals surface area contributed by atoms with E-state index in [-0.39, 0.29) is 24.1 Å². The summed E-state index contributed by atoms with van der Waals surface area (Å²) >= 11 is 0. The number of hydrogen-bond acceptors (Lipinski definition) is 5. The second kappa shape index (κ2) is 13.2. The van der Waals surface area contributed by atoms with E-state index in [1.807, 2.05) is 86.6 Å². The number of ketones is 1. The van der Waals surface area contributed by atoms with Gasteiger partial charge in [0.1, 0.15) is 5.60 Å². The van der Waals surface area contributed by atoms with Crippen molar-refractivity contribution in [3.8, 4) is 0 Å². The van der Waals surface area contributed by atoms with E-state index in [1.165, 1.54) is 0 Å². The molecule has 0 atom stereocenters. The van der Waals surface area contributed by atoms with Gasteiger partial charge in [-0.05, 0) is 106 Å². The molecule has 206 valence electrons. The van der Waals surface area contributed by atoms with E-state index < -0.39 is 5.60 Å². The molecule has 3 aromatic rings. The fraction of sp³-hybridized carbons (Fsp3) is 0.412. The number of benzene rings is 3. The number of carbonyl (C=O) groups excluding carboxylic acids is 2. The van der Waals surface area contributed by atoms with Crippen molar-refractivity contribution in [2.75, 3.05) is 26.2 Å². The fourth-order valence-electron chi connectivity index (χ4n) is 5.99. The molecule has 1 fully saturated rings. The van der Waals surface area contributed by atoms with Gasteiger partial charge < -0.3 is 14.7 Å². The number of hydrogen-bond donors (Lipinski definition) is 1. The number of piperidine rings is 1. The van der Waals surface area contributed by atoms with Crippen molar-refractivity contribution in [1.82, 2.24) is 4.90 Å². The highest BCUT2D eigenvalue weighted by molar-refractivity contribution is 5.96. The molecule has 1 aliphatic rings. The van der Waals surface area contributed by atoms with E-state index in [2.05, 4.69) is 4.90 Å². The van der Waals surface area contributed by atoms with Crippen molar-refractivity contribution >= 4 is 11.8 Å². The van der Waals surface area contributed by atoms with Crippen LogP contribution in [0.5, 0.6) is 0 Å². The Balaban J connectivity index is 1.32. The minimum atomic E-state index is -1.01. The Kier molecular flexibility index (Phi) is 9.71. The Morgan fingerprint density at radius 3 is 1.97 bits per heavy atom. The van der Waals surface area contributed by atoms with E-state index >= 15 is 0 Å². The van der Waals surface area contributed by atoms with Crippen molar-refractivity contribution in [2.24, 2.45) is 5.92 Å². The zero-order chi connectivity index (χ0) is 27.8. The molecule has 0 saturated carbocycles. The van der Waals surface area contributed by atoms with Gasteiger partial charge in [-0.2, -0.15) is 0 Å². The first-order chi connectivity index (χ1) is 18.8. The third-order valence-electron chi connectivity index (χ3n) is 8.13. The average molecular weight is 528 g/mol. The summed E-state index contributed by atoms with van der Waals surface area (Å²) in [5.74, 6) is 0.0260. The zero-order valence-corrected chi connectivity index (χ0v) is 23.5. The largest absolute Gasteiger partial charge is 0.466 e. The maximum absolute atomic E-state index is 13.0. The van der Waals surface area contributed by atoms with Gasteiger partial charge in [0.2, 0.25) is 0 Å². The molecule has 0 radical (unpaired) electrons. The van der Waals surface area contributed by atoms with Gasteiger partial charge in [0.05, 0.1) is 13.0 Å². The molecule has 1 saturated heterocycles. The first-order valence-electron chi connectivity index (χ1n) is 14.2. The van der Waals surface area contributed by atoms with Crippen LogP contribution in [-0.4, -0.2) is 48.0 Å².